The van der Waals surface area contributed by atoms with Crippen molar-refractivity contribution in [3.8, 4) is 0 Å². The Morgan fingerprint density at radius 3 is 2.27 bits per heavy atom. The lowest BCUT2D eigenvalue weighted by atomic mass is 10.1. The third kappa shape index (κ3) is 7.87. The van der Waals surface area contributed by atoms with Gasteiger partial charge in [0.15, 0.2) is 0 Å². The van der Waals surface area contributed by atoms with Crippen LogP contribution in [-0.2, 0) is 0 Å². The Kier molecular flexibility index (Phi) is 10.9. The molecule has 3 heteroatoms. The van der Waals surface area contributed by atoms with Gasteiger partial charge in [-0.3, -0.25) is 0 Å². The van der Waals surface area contributed by atoms with E-state index in [1.165, 1.54) is 25.0 Å². The molecule has 0 amide bonds. The average molecular weight is 266 g/mol. The molecule has 0 aliphatic rings. The smallest absolute Gasteiger partial charge is 0.0160 e. The summed E-state index contributed by atoms with van der Waals surface area (Å²) in [7, 11) is 0. The van der Waals surface area contributed by atoms with Crippen LogP contribution in [0, 0.1) is 6.92 Å². The summed E-state index contributed by atoms with van der Waals surface area (Å²) in [5.41, 5.74) is 0. The third-order valence-electron chi connectivity index (χ3n) is 2.62. The van der Waals surface area contributed by atoms with E-state index in [1.54, 1.807) is 0 Å². The minimum absolute atomic E-state index is 0.599. The molecule has 91 valence electrons. The zero-order chi connectivity index (χ0) is 11.7. The summed E-state index contributed by atoms with van der Waals surface area (Å²) < 4.78 is 0. The van der Waals surface area contributed by atoms with E-state index >= 15 is 0 Å². The van der Waals surface area contributed by atoms with Crippen molar-refractivity contribution in [2.24, 2.45) is 0 Å². The molecule has 0 saturated carbocycles. The minimum atomic E-state index is 0.599. The molecule has 3 atom stereocenters. The maximum Gasteiger partial charge on any atom is 0.0160 e. The molecule has 0 nitrogen and oxygen atoms in total. The van der Waals surface area contributed by atoms with Crippen molar-refractivity contribution in [2.75, 3.05) is 18.3 Å². The van der Waals surface area contributed by atoms with Gasteiger partial charge < -0.3 is 0 Å². The third-order valence-corrected chi connectivity index (χ3v) is 6.15. The van der Waals surface area contributed by atoms with Crippen molar-refractivity contribution in [1.82, 2.24) is 0 Å². The van der Waals surface area contributed by atoms with E-state index in [-0.39, 0.29) is 0 Å². The standard InChI is InChI=1S/C12H25S3/c1-6-15-10(2)8-7-9-12(14-5)11(3)13-4/h10-12H,2,6-9H2,1,3-5H3. The van der Waals surface area contributed by atoms with Crippen molar-refractivity contribution in [3.63, 3.8) is 0 Å². The zero-order valence-corrected chi connectivity index (χ0v) is 12.9. The van der Waals surface area contributed by atoms with Crippen LogP contribution in [0.2, 0.25) is 0 Å². The van der Waals surface area contributed by atoms with Crippen LogP contribution in [0.1, 0.15) is 33.1 Å². The van der Waals surface area contributed by atoms with Gasteiger partial charge in [0.1, 0.15) is 0 Å². The van der Waals surface area contributed by atoms with Crippen LogP contribution in [0.25, 0.3) is 0 Å². The van der Waals surface area contributed by atoms with Crippen LogP contribution in [0.5, 0.6) is 0 Å². The SMILES string of the molecule is [CH2]C(CCCC(SC)C(C)SC)SCC. The summed E-state index contributed by atoms with van der Waals surface area (Å²) in [4.78, 5) is 0. The molecule has 0 spiro atoms. The Bertz CT molecular complexity index is 139. The second-order valence-electron chi connectivity index (χ2n) is 3.72. The fourth-order valence-corrected chi connectivity index (χ4v) is 4.26. The van der Waals surface area contributed by atoms with Crippen LogP contribution in [-0.4, -0.2) is 34.0 Å². The van der Waals surface area contributed by atoms with Gasteiger partial charge in [0.05, 0.1) is 0 Å². The van der Waals surface area contributed by atoms with Crippen LogP contribution < -0.4 is 0 Å². The van der Waals surface area contributed by atoms with Gasteiger partial charge >= 0.3 is 0 Å². The van der Waals surface area contributed by atoms with E-state index in [0.29, 0.717) is 5.25 Å². The van der Waals surface area contributed by atoms with E-state index in [9.17, 15) is 0 Å². The van der Waals surface area contributed by atoms with Gasteiger partial charge in [-0.1, -0.05) is 20.3 Å². The predicted octanol–water partition coefficient (Wildman–Crippen LogP) is 4.60. The van der Waals surface area contributed by atoms with Crippen LogP contribution in [0.15, 0.2) is 0 Å². The topological polar surface area (TPSA) is 0 Å². The molecule has 0 fully saturated rings. The fourth-order valence-electron chi connectivity index (χ4n) is 1.56. The molecule has 15 heavy (non-hydrogen) atoms. The number of thioether (sulfide) groups is 3. The van der Waals surface area contributed by atoms with Crippen molar-refractivity contribution in [2.45, 2.75) is 48.9 Å². The highest BCUT2D eigenvalue weighted by molar-refractivity contribution is 8.03. The summed E-state index contributed by atoms with van der Waals surface area (Å²) in [5.74, 6) is 1.20. The predicted molar refractivity (Wildman–Crippen MR) is 81.4 cm³/mol. The van der Waals surface area contributed by atoms with Gasteiger partial charge in [0.25, 0.3) is 0 Å². The first-order valence-corrected chi connectivity index (χ1v) is 9.28. The van der Waals surface area contributed by atoms with Gasteiger partial charge in [-0.15, -0.1) is 0 Å². The number of rotatable bonds is 9. The first kappa shape index (κ1) is 16.1. The largest absolute Gasteiger partial charge is 0.161 e. The van der Waals surface area contributed by atoms with Gasteiger partial charge in [-0.2, -0.15) is 35.3 Å². The molecule has 0 aromatic carbocycles. The minimum Gasteiger partial charge on any atom is -0.161 e. The average Bonchev–Trinajstić information content (AvgIpc) is 2.24. The molecule has 0 aromatic rings. The second-order valence-corrected chi connectivity index (χ2v) is 7.59. The molecule has 0 aromatic heterocycles. The van der Waals surface area contributed by atoms with Gasteiger partial charge in [0, 0.05) is 15.7 Å². The molecule has 3 unspecified atom stereocenters. The van der Waals surface area contributed by atoms with Crippen molar-refractivity contribution < 1.29 is 0 Å². The van der Waals surface area contributed by atoms with E-state index in [0.717, 1.165) is 10.5 Å². The Morgan fingerprint density at radius 1 is 1.13 bits per heavy atom. The van der Waals surface area contributed by atoms with Crippen molar-refractivity contribution in [1.29, 1.82) is 0 Å². The van der Waals surface area contributed by atoms with Gasteiger partial charge in [-0.25, -0.2) is 0 Å². The second kappa shape index (κ2) is 10.2. The maximum atomic E-state index is 4.17. The lowest BCUT2D eigenvalue weighted by Crippen LogP contribution is -2.16. The quantitative estimate of drug-likeness (QED) is 0.598. The molecule has 0 saturated heterocycles. The molecule has 0 aliphatic carbocycles. The molecule has 1 radical (unpaired) electrons. The first-order valence-electron chi connectivity index (χ1n) is 5.65. The highest BCUT2D eigenvalue weighted by Gasteiger charge is 2.14. The highest BCUT2D eigenvalue weighted by Crippen LogP contribution is 2.26. The molecule has 0 rings (SSSR count). The van der Waals surface area contributed by atoms with Crippen molar-refractivity contribution >= 4 is 35.3 Å². The summed E-state index contributed by atoms with van der Waals surface area (Å²) in [5, 5.41) is 2.20. The molecule has 0 N–H and O–H groups in total. The normalized spacial score (nSPS) is 17.4. The van der Waals surface area contributed by atoms with Gasteiger partial charge in [-0.05, 0) is 38.0 Å². The monoisotopic (exact) mass is 265 g/mol. The summed E-state index contributed by atoms with van der Waals surface area (Å²) >= 11 is 5.99. The fraction of sp³-hybridized carbons (Fsp3) is 0.917. The lowest BCUT2D eigenvalue weighted by molar-refractivity contribution is 0.661. The van der Waals surface area contributed by atoms with E-state index < -0.39 is 0 Å². The molecular weight excluding hydrogens is 240 g/mol. The summed E-state index contributed by atoms with van der Waals surface area (Å²) in [6.07, 6.45) is 8.40. The van der Waals surface area contributed by atoms with E-state index in [2.05, 4.69) is 33.3 Å². The Balaban J connectivity index is 3.62. The summed E-state index contributed by atoms with van der Waals surface area (Å²) in [6, 6.07) is 0. The number of hydrogen-bond donors (Lipinski definition) is 0. The Hall–Kier alpha value is 1.05. The lowest BCUT2D eigenvalue weighted by Gasteiger charge is -2.20. The zero-order valence-electron chi connectivity index (χ0n) is 10.5. The number of hydrogen-bond acceptors (Lipinski definition) is 3. The van der Waals surface area contributed by atoms with Gasteiger partial charge in [0.2, 0.25) is 0 Å². The molecule has 0 aliphatic heterocycles. The van der Waals surface area contributed by atoms with Crippen LogP contribution >= 0.6 is 35.3 Å². The van der Waals surface area contributed by atoms with Crippen molar-refractivity contribution in [3.05, 3.63) is 6.92 Å². The highest BCUT2D eigenvalue weighted by atomic mass is 32.2. The first-order chi connectivity index (χ1) is 7.15. The summed E-state index contributed by atoms with van der Waals surface area (Å²) in [6.45, 7) is 8.72. The maximum absolute atomic E-state index is 4.17. The van der Waals surface area contributed by atoms with E-state index in [4.69, 9.17) is 0 Å². The Labute approximate surface area is 109 Å². The van der Waals surface area contributed by atoms with Crippen LogP contribution in [0.3, 0.4) is 0 Å². The molecular formula is C12H25S3. The molecule has 0 bridgehead atoms. The van der Waals surface area contributed by atoms with E-state index in [1.807, 2.05) is 35.3 Å². The molecule has 0 heterocycles. The van der Waals surface area contributed by atoms with Crippen LogP contribution in [0.4, 0.5) is 0 Å². The Morgan fingerprint density at radius 2 is 1.80 bits per heavy atom.